The molecule has 0 spiro atoms. The van der Waals surface area contributed by atoms with Gasteiger partial charge in [0, 0.05) is 13.2 Å². The van der Waals surface area contributed by atoms with Crippen LogP contribution in [-0.4, -0.2) is 33.6 Å². The van der Waals surface area contributed by atoms with Gasteiger partial charge in [0.2, 0.25) is 0 Å². The summed E-state index contributed by atoms with van der Waals surface area (Å²) in [5, 5.41) is 2.70. The standard InChI is InChI=1S/C19H24FNO5S/c1-14(2)25-11-3-10-21-19(22)18-9-8-17(26-18)13-27(23,24)12-15-4-6-16(20)7-5-15/h4-9,14H,3,10-13H2,1-2H3,(H,21,22). The maximum atomic E-state index is 12.9. The monoisotopic (exact) mass is 397 g/mol. The van der Waals surface area contributed by atoms with Gasteiger partial charge in [0.05, 0.1) is 11.9 Å². The maximum absolute atomic E-state index is 12.9. The molecule has 0 aliphatic heterocycles. The number of nitrogens with one attached hydrogen (secondary N) is 1. The van der Waals surface area contributed by atoms with Crippen molar-refractivity contribution in [3.8, 4) is 0 Å². The lowest BCUT2D eigenvalue weighted by Gasteiger charge is -2.07. The van der Waals surface area contributed by atoms with E-state index < -0.39 is 21.6 Å². The predicted octanol–water partition coefficient (Wildman–Crippen LogP) is 3.08. The lowest BCUT2D eigenvalue weighted by molar-refractivity contribution is 0.0753. The Morgan fingerprint density at radius 3 is 2.52 bits per heavy atom. The maximum Gasteiger partial charge on any atom is 0.286 e. The van der Waals surface area contributed by atoms with Gasteiger partial charge in [0.15, 0.2) is 15.6 Å². The number of furan rings is 1. The van der Waals surface area contributed by atoms with Gasteiger partial charge in [0.25, 0.3) is 5.91 Å². The van der Waals surface area contributed by atoms with Crippen molar-refractivity contribution < 1.29 is 26.8 Å². The summed E-state index contributed by atoms with van der Waals surface area (Å²) < 4.78 is 48.2. The Balaban J connectivity index is 1.85. The lowest BCUT2D eigenvalue weighted by Crippen LogP contribution is -2.25. The molecule has 1 N–H and O–H groups in total. The fourth-order valence-electron chi connectivity index (χ4n) is 2.36. The number of sulfone groups is 1. The molecule has 0 radical (unpaired) electrons. The van der Waals surface area contributed by atoms with Crippen molar-refractivity contribution in [1.29, 1.82) is 0 Å². The van der Waals surface area contributed by atoms with E-state index in [4.69, 9.17) is 9.15 Å². The zero-order chi connectivity index (χ0) is 19.9. The van der Waals surface area contributed by atoms with Gasteiger partial charge in [-0.2, -0.15) is 0 Å². The fraction of sp³-hybridized carbons (Fsp3) is 0.421. The van der Waals surface area contributed by atoms with E-state index in [0.29, 0.717) is 25.1 Å². The third kappa shape index (κ3) is 7.52. The normalized spacial score (nSPS) is 11.7. The van der Waals surface area contributed by atoms with E-state index in [1.54, 1.807) is 0 Å². The predicted molar refractivity (Wildman–Crippen MR) is 99.5 cm³/mol. The molecule has 1 aromatic carbocycles. The summed E-state index contributed by atoms with van der Waals surface area (Å²) >= 11 is 0. The van der Waals surface area contributed by atoms with Crippen LogP contribution in [0.25, 0.3) is 0 Å². The second-order valence-corrected chi connectivity index (χ2v) is 8.52. The average Bonchev–Trinajstić information content (AvgIpc) is 3.03. The second kappa shape index (κ2) is 9.66. The average molecular weight is 397 g/mol. The highest BCUT2D eigenvalue weighted by atomic mass is 32.2. The third-order valence-corrected chi connectivity index (χ3v) is 5.10. The van der Waals surface area contributed by atoms with Crippen LogP contribution in [0.15, 0.2) is 40.8 Å². The van der Waals surface area contributed by atoms with E-state index in [-0.39, 0.29) is 29.1 Å². The first-order valence-corrected chi connectivity index (χ1v) is 10.5. The Hall–Kier alpha value is -2.19. The first-order valence-electron chi connectivity index (χ1n) is 8.68. The van der Waals surface area contributed by atoms with Crippen LogP contribution in [0.2, 0.25) is 0 Å². The summed E-state index contributed by atoms with van der Waals surface area (Å²) in [5.74, 6) is -1.14. The van der Waals surface area contributed by atoms with Crippen LogP contribution in [-0.2, 0) is 26.1 Å². The van der Waals surface area contributed by atoms with E-state index in [0.717, 1.165) is 0 Å². The number of carbonyl (C=O) groups excluding carboxylic acids is 1. The number of halogens is 1. The number of benzene rings is 1. The Morgan fingerprint density at radius 1 is 1.15 bits per heavy atom. The molecule has 2 aromatic rings. The molecule has 0 saturated carbocycles. The summed E-state index contributed by atoms with van der Waals surface area (Å²) in [7, 11) is -3.51. The molecule has 0 unspecified atom stereocenters. The summed E-state index contributed by atoms with van der Waals surface area (Å²) in [6.45, 7) is 4.85. The molecule has 6 nitrogen and oxygen atoms in total. The molecule has 0 bridgehead atoms. The number of amides is 1. The molecule has 0 fully saturated rings. The fourth-order valence-corrected chi connectivity index (χ4v) is 3.75. The number of ether oxygens (including phenoxy) is 1. The Labute approximate surface area is 158 Å². The van der Waals surface area contributed by atoms with Crippen LogP contribution in [0.3, 0.4) is 0 Å². The van der Waals surface area contributed by atoms with Crippen molar-refractivity contribution in [2.75, 3.05) is 13.2 Å². The van der Waals surface area contributed by atoms with Crippen molar-refractivity contribution >= 4 is 15.7 Å². The second-order valence-electron chi connectivity index (χ2n) is 6.45. The van der Waals surface area contributed by atoms with Crippen molar-refractivity contribution in [3.05, 3.63) is 59.3 Å². The topological polar surface area (TPSA) is 85.6 Å². The zero-order valence-corrected chi connectivity index (χ0v) is 16.2. The van der Waals surface area contributed by atoms with Gasteiger partial charge in [-0.05, 0) is 50.1 Å². The first-order chi connectivity index (χ1) is 12.7. The Kier molecular flexibility index (Phi) is 7.55. The molecule has 2 rings (SSSR count). The van der Waals surface area contributed by atoms with Crippen LogP contribution in [0.5, 0.6) is 0 Å². The van der Waals surface area contributed by atoms with Crippen molar-refractivity contribution in [1.82, 2.24) is 5.32 Å². The summed E-state index contributed by atoms with van der Waals surface area (Å²) in [6.07, 6.45) is 0.814. The highest BCUT2D eigenvalue weighted by Gasteiger charge is 2.18. The van der Waals surface area contributed by atoms with E-state index >= 15 is 0 Å². The number of hydrogen-bond acceptors (Lipinski definition) is 5. The molecule has 1 aromatic heterocycles. The third-order valence-electron chi connectivity index (χ3n) is 3.61. The Morgan fingerprint density at radius 2 is 1.85 bits per heavy atom. The van der Waals surface area contributed by atoms with Crippen molar-refractivity contribution in [2.45, 2.75) is 37.9 Å². The van der Waals surface area contributed by atoms with E-state index in [9.17, 15) is 17.6 Å². The minimum Gasteiger partial charge on any atom is -0.455 e. The molecule has 0 aliphatic carbocycles. The largest absolute Gasteiger partial charge is 0.455 e. The molecule has 148 valence electrons. The van der Waals surface area contributed by atoms with E-state index in [1.807, 2.05) is 13.8 Å². The van der Waals surface area contributed by atoms with Crippen LogP contribution < -0.4 is 5.32 Å². The first kappa shape index (κ1) is 21.1. The molecule has 0 atom stereocenters. The summed E-state index contributed by atoms with van der Waals surface area (Å²) in [5.41, 5.74) is 0.490. The van der Waals surface area contributed by atoms with Crippen molar-refractivity contribution in [3.63, 3.8) is 0 Å². The van der Waals surface area contributed by atoms with Gasteiger partial charge in [0.1, 0.15) is 17.3 Å². The van der Waals surface area contributed by atoms with E-state index in [2.05, 4.69) is 5.32 Å². The molecule has 27 heavy (non-hydrogen) atoms. The van der Waals surface area contributed by atoms with Gasteiger partial charge in [-0.3, -0.25) is 4.79 Å². The van der Waals surface area contributed by atoms with Gasteiger partial charge in [-0.15, -0.1) is 0 Å². The number of hydrogen-bond donors (Lipinski definition) is 1. The van der Waals surface area contributed by atoms with E-state index in [1.165, 1.54) is 36.4 Å². The summed E-state index contributed by atoms with van der Waals surface area (Å²) in [4.78, 5) is 12.0. The van der Waals surface area contributed by atoms with Crippen LogP contribution in [0.4, 0.5) is 4.39 Å². The molecular weight excluding hydrogens is 373 g/mol. The number of carbonyl (C=O) groups is 1. The SMILES string of the molecule is CC(C)OCCCNC(=O)c1ccc(CS(=O)(=O)Cc2ccc(F)cc2)o1. The van der Waals surface area contributed by atoms with Gasteiger partial charge < -0.3 is 14.5 Å². The summed E-state index contributed by atoms with van der Waals surface area (Å²) in [6, 6.07) is 8.20. The smallest absolute Gasteiger partial charge is 0.286 e. The molecule has 0 aliphatic rings. The minimum absolute atomic E-state index is 0.0618. The van der Waals surface area contributed by atoms with Gasteiger partial charge in [-0.25, -0.2) is 12.8 Å². The van der Waals surface area contributed by atoms with Crippen LogP contribution in [0.1, 0.15) is 42.1 Å². The highest BCUT2D eigenvalue weighted by molar-refractivity contribution is 7.89. The minimum atomic E-state index is -3.51. The number of rotatable bonds is 10. The van der Waals surface area contributed by atoms with Crippen LogP contribution >= 0.6 is 0 Å². The van der Waals surface area contributed by atoms with Crippen LogP contribution in [0, 0.1) is 5.82 Å². The molecular formula is C19H24FNO5S. The van der Waals surface area contributed by atoms with Gasteiger partial charge >= 0.3 is 0 Å². The van der Waals surface area contributed by atoms with Gasteiger partial charge in [-0.1, -0.05) is 12.1 Å². The zero-order valence-electron chi connectivity index (χ0n) is 15.4. The highest BCUT2D eigenvalue weighted by Crippen LogP contribution is 2.15. The Bertz CT molecular complexity index is 843. The van der Waals surface area contributed by atoms with Crippen molar-refractivity contribution in [2.24, 2.45) is 0 Å². The lowest BCUT2D eigenvalue weighted by atomic mass is 10.2. The molecule has 1 heterocycles. The quantitative estimate of drug-likeness (QED) is 0.623. The molecule has 0 saturated heterocycles. The molecule has 1 amide bonds. The molecule has 8 heteroatoms.